The summed E-state index contributed by atoms with van der Waals surface area (Å²) in [6.45, 7) is 1.95. The normalized spacial score (nSPS) is 11.2. The Labute approximate surface area is 173 Å². The van der Waals surface area contributed by atoms with E-state index in [1.165, 1.54) is 6.21 Å². The summed E-state index contributed by atoms with van der Waals surface area (Å²) in [6.07, 6.45) is 1.74. The number of carbonyl (C=O) groups is 1. The number of hydrogen-bond donors (Lipinski definition) is 1. The molecule has 5 heteroatoms. The third kappa shape index (κ3) is 4.39. The molecule has 4 aromatic rings. The summed E-state index contributed by atoms with van der Waals surface area (Å²) in [5.41, 5.74) is 5.43. The predicted octanol–water partition coefficient (Wildman–Crippen LogP) is 5.75. The average Bonchev–Trinajstić information content (AvgIpc) is 3.19. The first kappa shape index (κ1) is 19.0. The zero-order chi connectivity index (χ0) is 20.2. The Balaban J connectivity index is 1.40. The molecule has 0 atom stereocenters. The lowest BCUT2D eigenvalue weighted by Crippen LogP contribution is -2.19. The Morgan fingerprint density at radius 3 is 2.76 bits per heavy atom. The molecule has 1 aromatic heterocycles. The second kappa shape index (κ2) is 8.33. The summed E-state index contributed by atoms with van der Waals surface area (Å²) in [4.78, 5) is 12.3. The maximum Gasteiger partial charge on any atom is 0.244 e. The fourth-order valence-corrected chi connectivity index (χ4v) is 3.33. The van der Waals surface area contributed by atoms with Gasteiger partial charge in [-0.3, -0.25) is 4.79 Å². The molecule has 0 saturated heterocycles. The Morgan fingerprint density at radius 1 is 1.07 bits per heavy atom. The lowest BCUT2D eigenvalue weighted by Gasteiger charge is -2.05. The zero-order valence-corrected chi connectivity index (χ0v) is 16.6. The molecule has 0 aliphatic carbocycles. The zero-order valence-electron chi connectivity index (χ0n) is 15.9. The number of benzene rings is 3. The second-order valence-corrected chi connectivity index (χ2v) is 7.18. The largest absolute Gasteiger partial charge is 0.455 e. The van der Waals surface area contributed by atoms with Gasteiger partial charge in [-0.25, -0.2) is 5.43 Å². The Bertz CT molecular complexity index is 1210. The van der Waals surface area contributed by atoms with Crippen LogP contribution in [0, 0.1) is 6.92 Å². The average molecular weight is 403 g/mol. The molecule has 0 spiro atoms. The summed E-state index contributed by atoms with van der Waals surface area (Å²) in [6, 6.07) is 23.3. The Hall–Kier alpha value is -3.37. The highest BCUT2D eigenvalue weighted by atomic mass is 35.5. The summed E-state index contributed by atoms with van der Waals surface area (Å²) in [5, 5.41) is 6.88. The summed E-state index contributed by atoms with van der Waals surface area (Å²) >= 11 is 6.18. The van der Waals surface area contributed by atoms with E-state index >= 15 is 0 Å². The number of hydrogen-bond acceptors (Lipinski definition) is 3. The van der Waals surface area contributed by atoms with Crippen LogP contribution < -0.4 is 5.43 Å². The number of halogens is 1. The fraction of sp³-hybridized carbons (Fsp3) is 0.0833. The third-order valence-corrected chi connectivity index (χ3v) is 5.10. The topological polar surface area (TPSA) is 54.6 Å². The van der Waals surface area contributed by atoms with Gasteiger partial charge in [0.05, 0.1) is 12.6 Å². The molecular weight excluding hydrogens is 384 g/mol. The molecule has 0 unspecified atom stereocenters. The molecule has 29 heavy (non-hydrogen) atoms. The number of nitrogens with zero attached hydrogens (tertiary/aromatic N) is 1. The van der Waals surface area contributed by atoms with E-state index in [-0.39, 0.29) is 12.3 Å². The highest BCUT2D eigenvalue weighted by molar-refractivity contribution is 6.31. The molecule has 1 N–H and O–H groups in total. The van der Waals surface area contributed by atoms with Crippen molar-refractivity contribution in [3.05, 3.63) is 94.7 Å². The summed E-state index contributed by atoms with van der Waals surface area (Å²) in [7, 11) is 0. The van der Waals surface area contributed by atoms with Crippen LogP contribution in [0.1, 0.15) is 16.9 Å². The van der Waals surface area contributed by atoms with Gasteiger partial charge < -0.3 is 4.42 Å². The van der Waals surface area contributed by atoms with E-state index in [1.807, 2.05) is 73.7 Å². The van der Waals surface area contributed by atoms with Gasteiger partial charge in [0.2, 0.25) is 5.91 Å². The first-order valence-electron chi connectivity index (χ1n) is 9.25. The third-order valence-electron chi connectivity index (χ3n) is 4.70. The minimum atomic E-state index is -0.185. The molecule has 0 radical (unpaired) electrons. The van der Waals surface area contributed by atoms with Crippen LogP contribution in [0.4, 0.5) is 0 Å². The van der Waals surface area contributed by atoms with E-state index < -0.39 is 0 Å². The molecule has 0 bridgehead atoms. The van der Waals surface area contributed by atoms with E-state index in [2.05, 4.69) is 10.5 Å². The highest BCUT2D eigenvalue weighted by Crippen LogP contribution is 2.26. The van der Waals surface area contributed by atoms with Crippen molar-refractivity contribution >= 4 is 34.5 Å². The minimum absolute atomic E-state index is 0.185. The molecule has 0 aliphatic rings. The fourth-order valence-electron chi connectivity index (χ4n) is 3.15. The maximum atomic E-state index is 12.3. The molecule has 144 valence electrons. The summed E-state index contributed by atoms with van der Waals surface area (Å²) < 4.78 is 5.76. The standard InChI is InChI=1S/C24H19ClN2O2/c1-16-9-10-19(13-22(16)25)23-12-11-20(29-23)15-26-27-24(28)14-18-7-4-6-17-5-2-3-8-21(17)18/h2-13,15H,14H2,1H3,(H,27,28)/b26-15-. The number of nitrogens with one attached hydrogen (secondary N) is 1. The SMILES string of the molecule is Cc1ccc(-c2ccc(/C=N\NC(=O)Cc3cccc4ccccc34)o2)cc1Cl. The summed E-state index contributed by atoms with van der Waals surface area (Å²) in [5.74, 6) is 1.05. The Kier molecular flexibility index (Phi) is 5.45. The molecule has 4 rings (SSSR count). The number of furan rings is 1. The minimum Gasteiger partial charge on any atom is -0.455 e. The monoisotopic (exact) mass is 402 g/mol. The Morgan fingerprint density at radius 2 is 1.90 bits per heavy atom. The first-order valence-corrected chi connectivity index (χ1v) is 9.63. The van der Waals surface area contributed by atoms with E-state index in [1.54, 1.807) is 6.07 Å². The van der Waals surface area contributed by atoms with Gasteiger partial charge >= 0.3 is 0 Å². The van der Waals surface area contributed by atoms with Crippen molar-refractivity contribution in [1.29, 1.82) is 0 Å². The number of carbonyl (C=O) groups excluding carboxylic acids is 1. The molecule has 1 heterocycles. The van der Waals surface area contributed by atoms with Crippen molar-refractivity contribution in [1.82, 2.24) is 5.43 Å². The lowest BCUT2D eigenvalue weighted by molar-refractivity contribution is -0.120. The van der Waals surface area contributed by atoms with Crippen molar-refractivity contribution in [2.24, 2.45) is 5.10 Å². The van der Waals surface area contributed by atoms with Crippen LogP contribution in [0.5, 0.6) is 0 Å². The molecule has 0 aliphatic heterocycles. The number of rotatable bonds is 5. The maximum absolute atomic E-state index is 12.3. The van der Waals surface area contributed by atoms with Crippen molar-refractivity contribution in [3.8, 4) is 11.3 Å². The van der Waals surface area contributed by atoms with Crippen molar-refractivity contribution in [3.63, 3.8) is 0 Å². The lowest BCUT2D eigenvalue weighted by atomic mass is 10.0. The van der Waals surface area contributed by atoms with Gasteiger partial charge in [0, 0.05) is 10.6 Å². The molecule has 4 nitrogen and oxygen atoms in total. The van der Waals surface area contributed by atoms with Crippen LogP contribution in [-0.2, 0) is 11.2 Å². The molecule has 1 amide bonds. The second-order valence-electron chi connectivity index (χ2n) is 6.77. The molecule has 0 saturated carbocycles. The van der Waals surface area contributed by atoms with Gasteiger partial charge in [-0.15, -0.1) is 0 Å². The number of hydrazone groups is 1. The van der Waals surface area contributed by atoms with Crippen molar-refractivity contribution in [2.75, 3.05) is 0 Å². The van der Waals surface area contributed by atoms with Crippen LogP contribution >= 0.6 is 11.6 Å². The van der Waals surface area contributed by atoms with Gasteiger partial charge in [0.25, 0.3) is 0 Å². The van der Waals surface area contributed by atoms with Crippen LogP contribution in [0.15, 0.2) is 82.3 Å². The first-order chi connectivity index (χ1) is 14.1. The van der Waals surface area contributed by atoms with E-state index in [4.69, 9.17) is 16.0 Å². The van der Waals surface area contributed by atoms with Gasteiger partial charge in [-0.2, -0.15) is 5.10 Å². The van der Waals surface area contributed by atoms with Gasteiger partial charge in [-0.05, 0) is 47.0 Å². The van der Waals surface area contributed by atoms with Gasteiger partial charge in [0.1, 0.15) is 11.5 Å². The van der Waals surface area contributed by atoms with Gasteiger partial charge in [-0.1, -0.05) is 66.2 Å². The van der Waals surface area contributed by atoms with Crippen LogP contribution in [0.2, 0.25) is 5.02 Å². The number of fused-ring (bicyclic) bond motifs is 1. The quantitative estimate of drug-likeness (QED) is 0.341. The number of aryl methyl sites for hydroxylation is 1. The molecular formula is C24H19ClN2O2. The van der Waals surface area contributed by atoms with Crippen molar-refractivity contribution in [2.45, 2.75) is 13.3 Å². The van der Waals surface area contributed by atoms with E-state index in [0.717, 1.165) is 27.5 Å². The molecule has 0 fully saturated rings. The number of amides is 1. The molecule has 3 aromatic carbocycles. The van der Waals surface area contributed by atoms with E-state index in [0.29, 0.717) is 16.5 Å². The van der Waals surface area contributed by atoms with Crippen LogP contribution in [0.25, 0.3) is 22.1 Å². The predicted molar refractivity (Wildman–Crippen MR) is 117 cm³/mol. The smallest absolute Gasteiger partial charge is 0.244 e. The van der Waals surface area contributed by atoms with Gasteiger partial charge in [0.15, 0.2) is 0 Å². The van der Waals surface area contributed by atoms with Crippen LogP contribution in [0.3, 0.4) is 0 Å². The highest BCUT2D eigenvalue weighted by Gasteiger charge is 2.07. The van der Waals surface area contributed by atoms with Crippen LogP contribution in [-0.4, -0.2) is 12.1 Å². The van der Waals surface area contributed by atoms with Crippen molar-refractivity contribution < 1.29 is 9.21 Å². The van der Waals surface area contributed by atoms with E-state index in [9.17, 15) is 4.79 Å².